The highest BCUT2D eigenvalue weighted by molar-refractivity contribution is 5.73. The molecule has 0 amide bonds. The Labute approximate surface area is 445 Å². The van der Waals surface area contributed by atoms with Gasteiger partial charge in [-0.05, 0) is 182 Å². The van der Waals surface area contributed by atoms with Crippen LogP contribution in [0.2, 0.25) is 0 Å². The van der Waals surface area contributed by atoms with Gasteiger partial charge >= 0.3 is 11.9 Å². The van der Waals surface area contributed by atoms with Gasteiger partial charge in [-0.15, -0.1) is 11.8 Å². The number of hydrogen-bond donors (Lipinski definition) is 2. The van der Waals surface area contributed by atoms with E-state index < -0.39 is 40.9 Å². The molecule has 0 aliphatic rings. The van der Waals surface area contributed by atoms with Crippen LogP contribution in [0.4, 0.5) is 26.3 Å². The molecule has 0 spiro atoms. The number of hydrogen-bond acceptors (Lipinski definition) is 4. The summed E-state index contributed by atoms with van der Waals surface area (Å²) in [4.78, 5) is 22.6. The molecule has 0 bridgehead atoms. The average molecular weight is 1040 g/mol. The molecule has 0 radical (unpaired) electrons. The van der Waals surface area contributed by atoms with Gasteiger partial charge in [0, 0.05) is 35.1 Å². The number of aryl methyl sites for hydroxylation is 2. The van der Waals surface area contributed by atoms with E-state index in [4.69, 9.17) is 9.84 Å². The molecule has 0 heterocycles. The number of phenols is 1. The van der Waals surface area contributed by atoms with Gasteiger partial charge in [-0.1, -0.05) is 110 Å². The number of esters is 1. The topological polar surface area (TPSA) is 83.8 Å². The van der Waals surface area contributed by atoms with Crippen molar-refractivity contribution in [2.75, 3.05) is 0 Å². The zero-order chi connectivity index (χ0) is 55.1. The zero-order valence-corrected chi connectivity index (χ0v) is 42.6. The van der Waals surface area contributed by atoms with Gasteiger partial charge in [-0.25, -0.2) is 26.3 Å². The van der Waals surface area contributed by atoms with E-state index in [0.29, 0.717) is 37.9 Å². The summed E-state index contributed by atoms with van der Waals surface area (Å²) in [6.45, 7) is 3.63. The lowest BCUT2D eigenvalue weighted by Gasteiger charge is -2.08. The monoisotopic (exact) mass is 1040 g/mol. The Morgan fingerprint density at radius 3 is 1.19 bits per heavy atom. The van der Waals surface area contributed by atoms with E-state index in [1.165, 1.54) is 24.3 Å². The summed E-state index contributed by atoms with van der Waals surface area (Å²) in [5, 5.41) is 17.7. The Morgan fingerprint density at radius 1 is 0.416 bits per heavy atom. The number of aromatic hydroxyl groups is 1. The lowest BCUT2D eigenvalue weighted by atomic mass is 10.00. The van der Waals surface area contributed by atoms with Crippen LogP contribution in [0.5, 0.6) is 11.5 Å². The largest absolute Gasteiger partial charge is 0.508 e. The first-order valence-electron chi connectivity index (χ1n) is 25.0. The van der Waals surface area contributed by atoms with Crippen molar-refractivity contribution < 1.29 is 50.9 Å². The second-order valence-electron chi connectivity index (χ2n) is 17.9. The van der Waals surface area contributed by atoms with Gasteiger partial charge in [-0.3, -0.25) is 9.59 Å². The van der Waals surface area contributed by atoms with Gasteiger partial charge < -0.3 is 14.9 Å². The van der Waals surface area contributed by atoms with Crippen molar-refractivity contribution in [2.24, 2.45) is 0 Å². The van der Waals surface area contributed by atoms with E-state index in [9.17, 15) is 41.0 Å². The quantitative estimate of drug-likeness (QED) is 0.0312. The molecule has 8 rings (SSSR count). The molecule has 8 aromatic rings. The lowest BCUT2D eigenvalue weighted by molar-refractivity contribution is -0.137. The summed E-state index contributed by atoms with van der Waals surface area (Å²) in [5.74, 6) is 6.54. The summed E-state index contributed by atoms with van der Waals surface area (Å²) in [5.41, 5.74) is 8.91. The maximum absolute atomic E-state index is 14.5. The first-order valence-corrected chi connectivity index (χ1v) is 25.0. The molecule has 77 heavy (non-hydrogen) atoms. The van der Waals surface area contributed by atoms with Crippen LogP contribution in [0.15, 0.2) is 170 Å². The number of rotatable bonds is 17. The predicted molar refractivity (Wildman–Crippen MR) is 292 cm³/mol. The molecule has 2 N–H and O–H groups in total. The number of carbonyl (C=O) groups is 2. The summed E-state index contributed by atoms with van der Waals surface area (Å²) in [6, 6.07) is 46.7. The highest BCUT2D eigenvalue weighted by atomic mass is 19.2. The Bertz CT molecular complexity index is 3370. The lowest BCUT2D eigenvalue weighted by Crippen LogP contribution is -2.07. The third kappa shape index (κ3) is 18.2. The number of unbranched alkanes of at least 4 members (excludes halogenated alkanes) is 4. The van der Waals surface area contributed by atoms with Gasteiger partial charge in [0.05, 0.1) is 0 Å². The highest BCUT2D eigenvalue weighted by Crippen LogP contribution is 2.29. The number of carboxylic acids is 1. The number of benzene rings is 8. The van der Waals surface area contributed by atoms with Crippen LogP contribution in [0.3, 0.4) is 0 Å². The van der Waals surface area contributed by atoms with Gasteiger partial charge in [0.25, 0.3) is 0 Å². The fourth-order valence-electron chi connectivity index (χ4n) is 8.11. The van der Waals surface area contributed by atoms with Crippen molar-refractivity contribution in [1.82, 2.24) is 0 Å². The smallest absolute Gasteiger partial charge is 0.311 e. The molecule has 0 aliphatic carbocycles. The number of halogens is 6. The van der Waals surface area contributed by atoms with Crippen LogP contribution in [0.25, 0.3) is 44.5 Å². The molecule has 392 valence electrons. The van der Waals surface area contributed by atoms with Crippen LogP contribution in [0, 0.1) is 58.6 Å². The van der Waals surface area contributed by atoms with Crippen molar-refractivity contribution >= 4 is 11.9 Å². The van der Waals surface area contributed by atoms with E-state index in [1.54, 1.807) is 55.5 Å². The van der Waals surface area contributed by atoms with Gasteiger partial charge in [0.1, 0.15) is 23.1 Å². The summed E-state index contributed by atoms with van der Waals surface area (Å²) >= 11 is 0. The number of phenolic OH excluding ortho intramolecular Hbond substituents is 1. The number of carboxylic acid groups (broad SMARTS) is 1. The normalized spacial score (nSPS) is 10.3. The van der Waals surface area contributed by atoms with E-state index in [0.717, 1.165) is 94.5 Å². The zero-order valence-electron chi connectivity index (χ0n) is 42.6. The predicted octanol–water partition coefficient (Wildman–Crippen LogP) is 16.9. The fraction of sp³-hybridized carbons (Fsp3) is 0.182. The minimum absolute atomic E-state index is 0.142. The Hall–Kier alpha value is -8.80. The first-order chi connectivity index (χ1) is 37.2. The van der Waals surface area contributed by atoms with Crippen molar-refractivity contribution in [2.45, 2.75) is 78.1 Å². The van der Waals surface area contributed by atoms with Crippen LogP contribution < -0.4 is 4.74 Å². The molecule has 11 heteroatoms. The third-order valence-corrected chi connectivity index (χ3v) is 12.2. The Morgan fingerprint density at radius 2 is 0.805 bits per heavy atom. The summed E-state index contributed by atoms with van der Waals surface area (Å²) in [7, 11) is 0. The van der Waals surface area contributed by atoms with Crippen molar-refractivity contribution in [3.05, 3.63) is 227 Å². The van der Waals surface area contributed by atoms with E-state index in [-0.39, 0.29) is 40.4 Å². The molecule has 0 saturated carbocycles. The molecule has 0 unspecified atom stereocenters. The number of carbonyl (C=O) groups excluding carboxylic acids is 1. The molecule has 5 nitrogen and oxygen atoms in total. The molecule has 0 aliphatic heterocycles. The van der Waals surface area contributed by atoms with Gasteiger partial charge in [-0.2, -0.15) is 0 Å². The molecular weight excluding hydrogens is 987 g/mol. The maximum Gasteiger partial charge on any atom is 0.311 e. The van der Waals surface area contributed by atoms with Crippen molar-refractivity contribution in [3.8, 4) is 79.7 Å². The third-order valence-electron chi connectivity index (χ3n) is 12.2. The Kier molecular flexibility index (Phi) is 21.9. The minimum atomic E-state index is -1.01. The van der Waals surface area contributed by atoms with Crippen LogP contribution >= 0.6 is 0 Å². The van der Waals surface area contributed by atoms with Crippen molar-refractivity contribution in [3.63, 3.8) is 0 Å². The van der Waals surface area contributed by atoms with Gasteiger partial charge in [0.15, 0.2) is 23.3 Å². The maximum atomic E-state index is 14.5. The second-order valence-corrected chi connectivity index (χ2v) is 17.9. The van der Waals surface area contributed by atoms with E-state index in [2.05, 4.69) is 23.7 Å². The average Bonchev–Trinajstić information content (AvgIpc) is 3.43. The number of aliphatic carboxylic acids is 1. The Balaban J connectivity index is 0.000000208. The second kappa shape index (κ2) is 29.3. The SMILES string of the molecule is CC#Cc1ccc(-c2ccc(O)cc2)cc1.CC#Cc1ccc(-c2ccc(OC(=O)CCCCCc3ccc(-c4ccc(F)c(F)c4)c(F)c3)cc2)cc1.O=C(O)CCCCCc1ccc(-c2ccc(F)c(F)c2)c(F)c1. The molecule has 0 saturated heterocycles. The van der Waals surface area contributed by atoms with Gasteiger partial charge in [0.2, 0.25) is 0 Å². The number of ether oxygens (including phenoxy) is 1. The van der Waals surface area contributed by atoms with E-state index >= 15 is 0 Å². The molecule has 0 atom stereocenters. The van der Waals surface area contributed by atoms with E-state index in [1.807, 2.05) is 79.7 Å². The van der Waals surface area contributed by atoms with Crippen LogP contribution in [-0.2, 0) is 22.4 Å². The molecule has 0 fully saturated rings. The molecule has 0 aromatic heterocycles. The van der Waals surface area contributed by atoms with Crippen LogP contribution in [0.1, 0.15) is 87.5 Å². The first kappa shape index (κ1) is 57.5. The fourth-order valence-corrected chi connectivity index (χ4v) is 8.11. The molecular formula is C66H56F6O5. The molecule has 8 aromatic carbocycles. The summed E-state index contributed by atoms with van der Waals surface area (Å²) in [6.07, 6.45) is 6.12. The summed E-state index contributed by atoms with van der Waals surface area (Å²) < 4.78 is 86.9. The van der Waals surface area contributed by atoms with Crippen LogP contribution in [-0.4, -0.2) is 22.2 Å². The minimum Gasteiger partial charge on any atom is -0.508 e. The standard InChI is InChI=1S/C33H27F3O2.C18H17F3O2.C15H12O/c1-2-6-23-9-12-25(13-10-23)26-14-17-28(18-15-26)38-33(37)8-5-3-4-7-24-11-19-29(31(35)21-24)27-16-20-30(34)32(36)22-27;19-15-9-7-13(11-17(15)21)14-8-6-12(10-16(14)20)4-2-1-3-5-18(22)23;1-2-3-12-4-6-13(7-5-12)14-8-10-15(16)11-9-14/h9-22H,3-5,7-8H2,1H3;6-11H,1-5H2,(H,22,23);4-11,16H,1H3. The highest BCUT2D eigenvalue weighted by Gasteiger charge is 2.13. The van der Waals surface area contributed by atoms with Crippen molar-refractivity contribution in [1.29, 1.82) is 0 Å².